The van der Waals surface area contributed by atoms with Crippen molar-refractivity contribution in [3.05, 3.63) is 93.2 Å². The Balaban J connectivity index is 1.46. The third-order valence-corrected chi connectivity index (χ3v) is 6.36. The molecule has 0 spiro atoms. The van der Waals surface area contributed by atoms with E-state index in [1.807, 2.05) is 29.5 Å². The Bertz CT molecular complexity index is 938. The predicted molar refractivity (Wildman–Crippen MR) is 114 cm³/mol. The number of nitrogens with one attached hydrogen (secondary N) is 1. The lowest BCUT2D eigenvalue weighted by molar-refractivity contribution is 0.1000. The van der Waals surface area contributed by atoms with Gasteiger partial charge in [-0.3, -0.25) is 9.69 Å². The number of primary amides is 1. The van der Waals surface area contributed by atoms with Gasteiger partial charge in [0.2, 0.25) is 5.91 Å². The number of nitrogens with zero attached hydrogens (tertiary/aromatic N) is 1. The quantitative estimate of drug-likeness (QED) is 0.645. The summed E-state index contributed by atoms with van der Waals surface area (Å²) in [6.45, 7) is 3.63. The Morgan fingerprint density at radius 1 is 1.14 bits per heavy atom. The molecule has 4 nitrogen and oxygen atoms in total. The van der Waals surface area contributed by atoms with Crippen LogP contribution in [0.1, 0.15) is 38.0 Å². The molecule has 1 aliphatic rings. The van der Waals surface area contributed by atoms with Gasteiger partial charge in [-0.25, -0.2) is 0 Å². The molecule has 1 amide bonds. The topological polar surface area (TPSA) is 58.4 Å². The van der Waals surface area contributed by atoms with Crippen LogP contribution in [0.5, 0.6) is 0 Å². The van der Waals surface area contributed by atoms with E-state index < -0.39 is 0 Å². The molecule has 2 heterocycles. The first-order valence-electron chi connectivity index (χ1n) is 9.64. The first-order chi connectivity index (χ1) is 13.7. The number of amides is 1. The molecule has 1 unspecified atom stereocenters. The zero-order valence-electron chi connectivity index (χ0n) is 15.8. The van der Waals surface area contributed by atoms with Crippen LogP contribution in [0.3, 0.4) is 0 Å². The summed E-state index contributed by atoms with van der Waals surface area (Å²) in [5, 5.41) is 5.79. The number of rotatable bonds is 7. The molecule has 0 saturated heterocycles. The van der Waals surface area contributed by atoms with Gasteiger partial charge in [0.25, 0.3) is 0 Å². The maximum Gasteiger partial charge on any atom is 0.248 e. The van der Waals surface area contributed by atoms with Crippen molar-refractivity contribution in [2.75, 3.05) is 13.1 Å². The van der Waals surface area contributed by atoms with E-state index in [0.717, 1.165) is 31.6 Å². The largest absolute Gasteiger partial charge is 0.366 e. The van der Waals surface area contributed by atoms with E-state index in [-0.39, 0.29) is 5.91 Å². The number of fused-ring (bicyclic) bond motifs is 1. The van der Waals surface area contributed by atoms with Crippen LogP contribution in [0.15, 0.2) is 66.0 Å². The first kappa shape index (κ1) is 18.9. The third kappa shape index (κ3) is 4.33. The van der Waals surface area contributed by atoms with Gasteiger partial charge in [-0.2, -0.15) is 0 Å². The summed E-state index contributed by atoms with van der Waals surface area (Å²) in [5.74, 6) is -0.385. The summed E-state index contributed by atoms with van der Waals surface area (Å²) < 4.78 is 0. The van der Waals surface area contributed by atoms with E-state index in [1.165, 1.54) is 16.0 Å². The zero-order chi connectivity index (χ0) is 19.3. The van der Waals surface area contributed by atoms with Gasteiger partial charge in [-0.1, -0.05) is 42.5 Å². The fourth-order valence-corrected chi connectivity index (χ4v) is 4.75. The van der Waals surface area contributed by atoms with Gasteiger partial charge in [0.1, 0.15) is 0 Å². The van der Waals surface area contributed by atoms with Crippen LogP contribution in [-0.4, -0.2) is 23.9 Å². The molecular weight excluding hydrogens is 366 g/mol. The minimum Gasteiger partial charge on any atom is -0.366 e. The van der Waals surface area contributed by atoms with E-state index >= 15 is 0 Å². The van der Waals surface area contributed by atoms with Crippen LogP contribution < -0.4 is 11.1 Å². The molecule has 5 heteroatoms. The maximum absolute atomic E-state index is 11.4. The molecule has 1 aliphatic heterocycles. The number of thiophene rings is 1. The van der Waals surface area contributed by atoms with Crippen LogP contribution in [0, 0.1) is 0 Å². The lowest BCUT2D eigenvalue weighted by atomic mass is 10.0. The minimum absolute atomic E-state index is 0.313. The van der Waals surface area contributed by atoms with Gasteiger partial charge in [0, 0.05) is 42.7 Å². The van der Waals surface area contributed by atoms with Crippen molar-refractivity contribution in [2.45, 2.75) is 25.6 Å². The molecule has 28 heavy (non-hydrogen) atoms. The summed E-state index contributed by atoms with van der Waals surface area (Å²) in [6.07, 6.45) is 1.12. The minimum atomic E-state index is -0.385. The molecule has 3 N–H and O–H groups in total. The molecule has 0 bridgehead atoms. The Kier molecular flexibility index (Phi) is 5.86. The number of nitrogens with two attached hydrogens (primary N) is 1. The highest BCUT2D eigenvalue weighted by Gasteiger charge is 2.25. The second-order valence-corrected chi connectivity index (χ2v) is 8.21. The molecule has 0 saturated carbocycles. The third-order valence-electron chi connectivity index (χ3n) is 5.34. The van der Waals surface area contributed by atoms with Crippen LogP contribution in [0.25, 0.3) is 0 Å². The summed E-state index contributed by atoms with van der Waals surface area (Å²) in [7, 11) is 0. The number of hydrogen-bond donors (Lipinski definition) is 2. The van der Waals surface area contributed by atoms with Gasteiger partial charge < -0.3 is 11.1 Å². The number of hydrogen-bond acceptors (Lipinski definition) is 4. The van der Waals surface area contributed by atoms with E-state index in [0.29, 0.717) is 18.2 Å². The summed E-state index contributed by atoms with van der Waals surface area (Å²) in [6, 6.07) is 20.8. The average Bonchev–Trinajstić information content (AvgIpc) is 3.20. The molecule has 0 aliphatic carbocycles. The molecule has 0 fully saturated rings. The lowest BCUT2D eigenvalue weighted by Gasteiger charge is -2.35. The number of carbonyl (C=O) groups is 1. The van der Waals surface area contributed by atoms with Crippen LogP contribution in [0.4, 0.5) is 0 Å². The molecule has 2 aromatic carbocycles. The van der Waals surface area contributed by atoms with E-state index in [2.05, 4.69) is 52.0 Å². The second-order valence-electron chi connectivity index (χ2n) is 7.21. The molecule has 4 rings (SSSR count). The smallest absolute Gasteiger partial charge is 0.248 e. The van der Waals surface area contributed by atoms with Crippen LogP contribution in [0.2, 0.25) is 0 Å². The van der Waals surface area contributed by atoms with Crippen molar-refractivity contribution in [1.29, 1.82) is 0 Å². The molecule has 1 atom stereocenters. The van der Waals surface area contributed by atoms with Crippen molar-refractivity contribution < 1.29 is 4.79 Å². The molecule has 0 radical (unpaired) electrons. The molecule has 144 valence electrons. The van der Waals surface area contributed by atoms with E-state index in [9.17, 15) is 4.79 Å². The number of carbonyl (C=O) groups excluding carboxylic acids is 1. The van der Waals surface area contributed by atoms with Crippen molar-refractivity contribution >= 4 is 17.2 Å². The van der Waals surface area contributed by atoms with Gasteiger partial charge >= 0.3 is 0 Å². The first-order valence-corrected chi connectivity index (χ1v) is 10.5. The van der Waals surface area contributed by atoms with Gasteiger partial charge in [0.15, 0.2) is 0 Å². The standard InChI is InChI=1S/C23H25N3OS/c24-23(27)19-8-4-5-17(13-19)14-25-15-21(18-6-2-1-3-7-18)26-11-9-22-20(16-26)10-12-28-22/h1-8,10,12-13,21,25H,9,11,14-16H2,(H2,24,27). The Morgan fingerprint density at radius 3 is 2.82 bits per heavy atom. The normalized spacial score (nSPS) is 15.1. The predicted octanol–water partition coefficient (Wildman–Crippen LogP) is 3.74. The highest BCUT2D eigenvalue weighted by molar-refractivity contribution is 7.10. The van der Waals surface area contributed by atoms with Crippen molar-refractivity contribution in [3.63, 3.8) is 0 Å². The van der Waals surface area contributed by atoms with Gasteiger partial charge in [0.05, 0.1) is 0 Å². The molecular formula is C23H25N3OS. The average molecular weight is 392 g/mol. The van der Waals surface area contributed by atoms with Crippen molar-refractivity contribution in [1.82, 2.24) is 10.2 Å². The fourth-order valence-electron chi connectivity index (χ4n) is 3.86. The lowest BCUT2D eigenvalue weighted by Crippen LogP contribution is -2.38. The second kappa shape index (κ2) is 8.69. The van der Waals surface area contributed by atoms with E-state index in [1.54, 1.807) is 6.07 Å². The van der Waals surface area contributed by atoms with Gasteiger partial charge in [-0.05, 0) is 46.7 Å². The highest BCUT2D eigenvalue weighted by atomic mass is 32.1. The van der Waals surface area contributed by atoms with Crippen LogP contribution in [-0.2, 0) is 19.5 Å². The molecule has 1 aromatic heterocycles. The Hall–Kier alpha value is -2.47. The highest BCUT2D eigenvalue weighted by Crippen LogP contribution is 2.30. The zero-order valence-corrected chi connectivity index (χ0v) is 16.6. The summed E-state index contributed by atoms with van der Waals surface area (Å²) in [4.78, 5) is 15.5. The SMILES string of the molecule is NC(=O)c1cccc(CNCC(c2ccccc2)N2CCc3sccc3C2)c1. The Labute approximate surface area is 170 Å². The monoisotopic (exact) mass is 391 g/mol. The van der Waals surface area contributed by atoms with Crippen molar-refractivity contribution in [3.8, 4) is 0 Å². The van der Waals surface area contributed by atoms with E-state index in [4.69, 9.17) is 5.73 Å². The molecule has 3 aromatic rings. The maximum atomic E-state index is 11.4. The Morgan fingerprint density at radius 2 is 2.00 bits per heavy atom. The summed E-state index contributed by atoms with van der Waals surface area (Å²) >= 11 is 1.87. The van der Waals surface area contributed by atoms with Gasteiger partial charge in [-0.15, -0.1) is 11.3 Å². The number of benzene rings is 2. The van der Waals surface area contributed by atoms with Crippen molar-refractivity contribution in [2.24, 2.45) is 5.73 Å². The fraction of sp³-hybridized carbons (Fsp3) is 0.261. The van der Waals surface area contributed by atoms with Crippen LogP contribution >= 0.6 is 11.3 Å². The summed E-state index contributed by atoms with van der Waals surface area (Å²) in [5.41, 5.74) is 9.82.